The van der Waals surface area contributed by atoms with E-state index in [4.69, 9.17) is 0 Å². The molecule has 2 N–H and O–H groups in total. The molecule has 1 aromatic heterocycles. The highest BCUT2D eigenvalue weighted by Crippen LogP contribution is 2.09. The van der Waals surface area contributed by atoms with Gasteiger partial charge in [-0.05, 0) is 12.5 Å². The summed E-state index contributed by atoms with van der Waals surface area (Å²) < 4.78 is 24.7. The Morgan fingerprint density at radius 2 is 2.29 bits per heavy atom. The molecule has 7 nitrogen and oxygen atoms in total. The van der Waals surface area contributed by atoms with Crippen molar-refractivity contribution < 1.29 is 13.2 Å². The van der Waals surface area contributed by atoms with Gasteiger partial charge in [-0.25, -0.2) is 8.42 Å². The Kier molecular flexibility index (Phi) is 4.64. The van der Waals surface area contributed by atoms with E-state index in [1.807, 2.05) is 6.92 Å². The minimum absolute atomic E-state index is 0.0247. The zero-order valence-electron chi connectivity index (χ0n) is 9.80. The number of amides is 1. The first-order valence-electron chi connectivity index (χ1n) is 5.21. The number of sulfonamides is 1. The molecule has 0 fully saturated rings. The van der Waals surface area contributed by atoms with Crippen molar-refractivity contribution in [2.45, 2.75) is 18.4 Å². The highest BCUT2D eigenvalue weighted by Gasteiger charge is 2.23. The maximum absolute atomic E-state index is 11.9. The predicted molar refractivity (Wildman–Crippen MR) is 61.7 cm³/mol. The number of nitrogens with zero attached hydrogens (tertiary/aromatic N) is 2. The normalized spacial score (nSPS) is 11.7. The smallest absolute Gasteiger partial charge is 0.260 e. The van der Waals surface area contributed by atoms with Crippen LogP contribution in [0, 0.1) is 0 Å². The van der Waals surface area contributed by atoms with Gasteiger partial charge in [0.1, 0.15) is 0 Å². The molecule has 1 rings (SSSR count). The summed E-state index contributed by atoms with van der Waals surface area (Å²) in [5.74, 6) is -0.322. The number of rotatable bonds is 6. The molecule has 17 heavy (non-hydrogen) atoms. The molecular formula is C9H16N4O3S. The third-order valence-electron chi connectivity index (χ3n) is 2.10. The van der Waals surface area contributed by atoms with Crippen molar-refractivity contribution in [2.75, 3.05) is 20.1 Å². The Morgan fingerprint density at radius 3 is 2.82 bits per heavy atom. The lowest BCUT2D eigenvalue weighted by atomic mass is 10.4. The first-order chi connectivity index (χ1) is 7.98. The second kappa shape index (κ2) is 5.78. The van der Waals surface area contributed by atoms with E-state index < -0.39 is 10.0 Å². The van der Waals surface area contributed by atoms with Gasteiger partial charge in [-0.1, -0.05) is 6.92 Å². The molecule has 1 amide bonds. The van der Waals surface area contributed by atoms with Crippen molar-refractivity contribution in [2.24, 2.45) is 0 Å². The number of aromatic nitrogens is 2. The van der Waals surface area contributed by atoms with Crippen LogP contribution in [0.15, 0.2) is 17.3 Å². The maximum Gasteiger partial charge on any atom is 0.260 e. The topological polar surface area (TPSA) is 95.2 Å². The molecule has 0 unspecified atom stereocenters. The molecule has 0 saturated heterocycles. The van der Waals surface area contributed by atoms with Crippen LogP contribution in [0.2, 0.25) is 0 Å². The van der Waals surface area contributed by atoms with Crippen molar-refractivity contribution in [3.63, 3.8) is 0 Å². The predicted octanol–water partition coefficient (Wildman–Crippen LogP) is -0.444. The van der Waals surface area contributed by atoms with Gasteiger partial charge in [0.2, 0.25) is 5.91 Å². The van der Waals surface area contributed by atoms with Crippen LogP contribution in [0.4, 0.5) is 0 Å². The fourth-order valence-electron chi connectivity index (χ4n) is 1.16. The Labute approximate surface area is 100 Å². The van der Waals surface area contributed by atoms with Crippen molar-refractivity contribution in [3.05, 3.63) is 12.3 Å². The van der Waals surface area contributed by atoms with Crippen LogP contribution in [-0.4, -0.2) is 49.0 Å². The van der Waals surface area contributed by atoms with Crippen LogP contribution in [-0.2, 0) is 14.8 Å². The quantitative estimate of drug-likeness (QED) is 0.724. The summed E-state index contributed by atoms with van der Waals surface area (Å²) in [4.78, 5) is 11.4. The number of H-pyrrole nitrogens is 1. The zero-order chi connectivity index (χ0) is 12.9. The molecular weight excluding hydrogens is 244 g/mol. The maximum atomic E-state index is 11.9. The fraction of sp³-hybridized carbons (Fsp3) is 0.556. The average molecular weight is 260 g/mol. The van der Waals surface area contributed by atoms with Gasteiger partial charge in [0, 0.05) is 13.6 Å². The molecule has 96 valence electrons. The second-order valence-electron chi connectivity index (χ2n) is 3.53. The van der Waals surface area contributed by atoms with E-state index in [-0.39, 0.29) is 17.5 Å². The first kappa shape index (κ1) is 13.7. The molecule has 0 aliphatic rings. The number of carbonyl (C=O) groups is 1. The number of likely N-dealkylation sites (N-methyl/N-ethyl adjacent to an activating group) is 1. The van der Waals surface area contributed by atoms with Crippen LogP contribution in [0.5, 0.6) is 0 Å². The third-order valence-corrected chi connectivity index (χ3v) is 3.83. The van der Waals surface area contributed by atoms with E-state index in [9.17, 15) is 13.2 Å². The van der Waals surface area contributed by atoms with Crippen LogP contribution in [0.25, 0.3) is 0 Å². The summed E-state index contributed by atoms with van der Waals surface area (Å²) >= 11 is 0. The van der Waals surface area contributed by atoms with Crippen LogP contribution in [0.3, 0.4) is 0 Å². The van der Waals surface area contributed by atoms with E-state index in [1.165, 1.54) is 19.3 Å². The number of aromatic amines is 1. The summed E-state index contributed by atoms with van der Waals surface area (Å²) in [6.07, 6.45) is 2.15. The van der Waals surface area contributed by atoms with Gasteiger partial charge in [0.05, 0.1) is 12.7 Å². The van der Waals surface area contributed by atoms with Gasteiger partial charge in [-0.15, -0.1) is 0 Å². The molecule has 1 heterocycles. The molecule has 0 bridgehead atoms. The van der Waals surface area contributed by atoms with Crippen LogP contribution in [0.1, 0.15) is 13.3 Å². The number of nitrogens with one attached hydrogen (secondary N) is 2. The molecule has 0 aliphatic carbocycles. The minimum Gasteiger partial charge on any atom is -0.355 e. The molecule has 0 spiro atoms. The van der Waals surface area contributed by atoms with Gasteiger partial charge in [-0.3, -0.25) is 9.89 Å². The van der Waals surface area contributed by atoms with E-state index in [1.54, 1.807) is 0 Å². The summed E-state index contributed by atoms with van der Waals surface area (Å²) in [5, 5.41) is 8.52. The van der Waals surface area contributed by atoms with Crippen molar-refractivity contribution in [1.29, 1.82) is 0 Å². The van der Waals surface area contributed by atoms with Gasteiger partial charge < -0.3 is 5.32 Å². The highest BCUT2D eigenvalue weighted by molar-refractivity contribution is 7.89. The first-order valence-corrected chi connectivity index (χ1v) is 6.65. The van der Waals surface area contributed by atoms with E-state index in [2.05, 4.69) is 15.5 Å². The van der Waals surface area contributed by atoms with E-state index >= 15 is 0 Å². The largest absolute Gasteiger partial charge is 0.355 e. The molecule has 0 aliphatic heterocycles. The van der Waals surface area contributed by atoms with E-state index in [0.29, 0.717) is 6.54 Å². The lowest BCUT2D eigenvalue weighted by Crippen LogP contribution is -2.38. The standard InChI is InChI=1S/C9H16N4O3S/c1-3-5-10-8(14)7-13(2)17(15,16)9-4-6-11-12-9/h4,6H,3,5,7H2,1-2H3,(H,10,14)(H,11,12). The number of carbonyl (C=O) groups excluding carboxylic acids is 1. The average Bonchev–Trinajstić information content (AvgIpc) is 2.80. The zero-order valence-corrected chi connectivity index (χ0v) is 10.6. The van der Waals surface area contributed by atoms with Crippen molar-refractivity contribution >= 4 is 15.9 Å². The third kappa shape index (κ3) is 3.53. The molecule has 8 heteroatoms. The van der Waals surface area contributed by atoms with Crippen molar-refractivity contribution in [1.82, 2.24) is 19.8 Å². The Bertz CT molecular complexity index is 455. The molecule has 0 atom stereocenters. The number of hydrogen-bond acceptors (Lipinski definition) is 4. The lowest BCUT2D eigenvalue weighted by Gasteiger charge is -2.15. The summed E-state index contributed by atoms with van der Waals surface area (Å²) in [5.41, 5.74) is 0. The summed E-state index contributed by atoms with van der Waals surface area (Å²) in [6, 6.07) is 1.34. The van der Waals surface area contributed by atoms with E-state index in [0.717, 1.165) is 10.7 Å². The molecule has 1 aromatic rings. The molecule has 0 saturated carbocycles. The summed E-state index contributed by atoms with van der Waals surface area (Å²) in [7, 11) is -2.31. The van der Waals surface area contributed by atoms with Gasteiger partial charge in [-0.2, -0.15) is 9.40 Å². The SMILES string of the molecule is CCCNC(=O)CN(C)S(=O)(=O)c1ccn[nH]1. The summed E-state index contributed by atoms with van der Waals surface area (Å²) in [6.45, 7) is 2.25. The number of hydrogen-bond donors (Lipinski definition) is 2. The lowest BCUT2D eigenvalue weighted by molar-refractivity contribution is -0.121. The Morgan fingerprint density at radius 1 is 1.59 bits per heavy atom. The van der Waals surface area contributed by atoms with Crippen LogP contribution < -0.4 is 5.32 Å². The van der Waals surface area contributed by atoms with Gasteiger partial charge in [0.15, 0.2) is 5.03 Å². The Hall–Kier alpha value is -1.41. The molecule has 0 aromatic carbocycles. The molecule has 0 radical (unpaired) electrons. The monoisotopic (exact) mass is 260 g/mol. The van der Waals surface area contributed by atoms with Crippen molar-refractivity contribution in [3.8, 4) is 0 Å². The minimum atomic E-state index is -3.66. The second-order valence-corrected chi connectivity index (χ2v) is 5.55. The van der Waals surface area contributed by atoms with Gasteiger partial charge >= 0.3 is 0 Å². The fourth-order valence-corrected chi connectivity index (χ4v) is 2.19. The Balaban J connectivity index is 2.64. The van der Waals surface area contributed by atoms with Crippen LogP contribution >= 0.6 is 0 Å². The highest BCUT2D eigenvalue weighted by atomic mass is 32.2. The van der Waals surface area contributed by atoms with Gasteiger partial charge in [0.25, 0.3) is 10.0 Å².